The molecule has 0 saturated heterocycles. The molecule has 0 aliphatic carbocycles. The first kappa shape index (κ1) is 20.0. The van der Waals surface area contributed by atoms with Crippen LogP contribution >= 0.6 is 11.3 Å². The van der Waals surface area contributed by atoms with E-state index >= 15 is 0 Å². The average Bonchev–Trinajstić information content (AvgIpc) is 2.96. The van der Waals surface area contributed by atoms with Crippen LogP contribution in [0, 0.1) is 13.8 Å². The Hall–Kier alpha value is -2.74. The number of Topliss-reactive ketones (excluding diaryl/α,β-unsaturated/α-hetero) is 1. The predicted molar refractivity (Wildman–Crippen MR) is 108 cm³/mol. The minimum Gasteiger partial charge on any atom is -0.479 e. The first-order valence-electron chi connectivity index (χ1n) is 9.19. The van der Waals surface area contributed by atoms with E-state index < -0.39 is 6.10 Å². The molecule has 2 amide bonds. The zero-order chi connectivity index (χ0) is 20.4. The molecule has 2 aromatic rings. The molecule has 148 valence electrons. The van der Waals surface area contributed by atoms with Gasteiger partial charge >= 0.3 is 0 Å². The number of carbonyl (C=O) groups is 3. The number of amides is 2. The number of benzene rings is 1. The molecule has 1 aliphatic rings. The maximum absolute atomic E-state index is 12.7. The van der Waals surface area contributed by atoms with E-state index in [1.807, 2.05) is 20.8 Å². The van der Waals surface area contributed by atoms with Crippen molar-refractivity contribution in [3.63, 3.8) is 0 Å². The van der Waals surface area contributed by atoms with E-state index in [4.69, 9.17) is 4.74 Å². The number of carbonyl (C=O) groups excluding carboxylic acids is 3. The summed E-state index contributed by atoms with van der Waals surface area (Å²) < 4.78 is 5.64. The van der Waals surface area contributed by atoms with E-state index in [0.29, 0.717) is 28.6 Å². The minimum absolute atomic E-state index is 0.00508. The van der Waals surface area contributed by atoms with Crippen molar-refractivity contribution >= 4 is 39.8 Å². The van der Waals surface area contributed by atoms with E-state index in [9.17, 15) is 14.4 Å². The Morgan fingerprint density at radius 1 is 1.32 bits per heavy atom. The molecule has 1 aromatic carbocycles. The second-order valence-corrected chi connectivity index (χ2v) is 7.95. The molecule has 1 N–H and O–H groups in total. The fourth-order valence-corrected chi connectivity index (χ4v) is 3.77. The topological polar surface area (TPSA) is 88.6 Å². The highest BCUT2D eigenvalue weighted by atomic mass is 32.1. The van der Waals surface area contributed by atoms with Crippen LogP contribution in [0.2, 0.25) is 0 Å². The van der Waals surface area contributed by atoms with Gasteiger partial charge in [-0.05, 0) is 45.4 Å². The second-order valence-electron chi connectivity index (χ2n) is 6.75. The molecule has 7 nitrogen and oxygen atoms in total. The van der Waals surface area contributed by atoms with Crippen molar-refractivity contribution < 1.29 is 19.1 Å². The Bertz CT molecular complexity index is 918. The smallest absolute Gasteiger partial charge is 0.268 e. The number of aromatic nitrogens is 1. The number of fused-ring (bicyclic) bond motifs is 1. The number of ketones is 1. The van der Waals surface area contributed by atoms with Gasteiger partial charge in [0, 0.05) is 16.9 Å². The maximum atomic E-state index is 12.7. The molecule has 0 saturated carbocycles. The maximum Gasteiger partial charge on any atom is 0.268 e. The van der Waals surface area contributed by atoms with Gasteiger partial charge in [-0.2, -0.15) is 0 Å². The van der Waals surface area contributed by atoms with Crippen LogP contribution < -0.4 is 15.0 Å². The summed E-state index contributed by atoms with van der Waals surface area (Å²) in [6, 6.07) is 5.00. The molecule has 3 rings (SSSR count). The predicted octanol–water partition coefficient (Wildman–Crippen LogP) is 3.50. The molecule has 1 atom stereocenters. The van der Waals surface area contributed by atoms with Gasteiger partial charge in [0.1, 0.15) is 12.3 Å². The lowest BCUT2D eigenvalue weighted by Crippen LogP contribution is -2.47. The van der Waals surface area contributed by atoms with Crippen molar-refractivity contribution in [1.29, 1.82) is 0 Å². The SMILES string of the molecule is CCCC(=O)c1ccc2c(c1)N(CC(=O)Nc1nc(C)c(C)s1)C(=O)C(C)O2. The van der Waals surface area contributed by atoms with Crippen molar-refractivity contribution in [3.05, 3.63) is 34.3 Å². The number of hydrogen-bond acceptors (Lipinski definition) is 6. The summed E-state index contributed by atoms with van der Waals surface area (Å²) in [5.41, 5.74) is 1.80. The number of anilines is 2. The van der Waals surface area contributed by atoms with Gasteiger partial charge in [0.05, 0.1) is 11.4 Å². The Morgan fingerprint density at radius 2 is 2.07 bits per heavy atom. The van der Waals surface area contributed by atoms with Crippen LogP contribution in [0.5, 0.6) is 5.75 Å². The Labute approximate surface area is 167 Å². The molecule has 8 heteroatoms. The van der Waals surface area contributed by atoms with Crippen LogP contribution in [-0.4, -0.2) is 35.2 Å². The molecule has 0 fully saturated rings. The van der Waals surface area contributed by atoms with Crippen LogP contribution in [0.4, 0.5) is 10.8 Å². The summed E-state index contributed by atoms with van der Waals surface area (Å²) in [5.74, 6) is -0.204. The first-order chi connectivity index (χ1) is 13.3. The third kappa shape index (κ3) is 4.06. The quantitative estimate of drug-likeness (QED) is 0.749. The summed E-state index contributed by atoms with van der Waals surface area (Å²) in [4.78, 5) is 44.1. The van der Waals surface area contributed by atoms with E-state index in [2.05, 4.69) is 10.3 Å². The van der Waals surface area contributed by atoms with E-state index in [-0.39, 0.29) is 24.1 Å². The third-order valence-corrected chi connectivity index (χ3v) is 5.53. The molecule has 28 heavy (non-hydrogen) atoms. The number of ether oxygens (including phenoxy) is 1. The van der Waals surface area contributed by atoms with E-state index in [1.54, 1.807) is 25.1 Å². The highest BCUT2D eigenvalue weighted by Crippen LogP contribution is 2.35. The summed E-state index contributed by atoms with van der Waals surface area (Å²) in [5, 5.41) is 3.24. The number of hydrogen-bond donors (Lipinski definition) is 1. The summed E-state index contributed by atoms with van der Waals surface area (Å²) in [6.07, 6.45) is 0.454. The summed E-state index contributed by atoms with van der Waals surface area (Å²) >= 11 is 1.39. The van der Waals surface area contributed by atoms with Crippen molar-refractivity contribution in [2.24, 2.45) is 0 Å². The van der Waals surface area contributed by atoms with Gasteiger partial charge in [-0.1, -0.05) is 6.92 Å². The van der Waals surface area contributed by atoms with E-state index in [1.165, 1.54) is 16.2 Å². The number of rotatable bonds is 6. The van der Waals surface area contributed by atoms with Crippen LogP contribution in [0.25, 0.3) is 0 Å². The highest BCUT2D eigenvalue weighted by molar-refractivity contribution is 7.15. The molecule has 1 unspecified atom stereocenters. The highest BCUT2D eigenvalue weighted by Gasteiger charge is 2.33. The van der Waals surface area contributed by atoms with Gasteiger partial charge in [-0.25, -0.2) is 4.98 Å². The molecule has 2 heterocycles. The summed E-state index contributed by atoms with van der Waals surface area (Å²) in [7, 11) is 0. The Kier molecular flexibility index (Phi) is 5.79. The molecule has 1 aromatic heterocycles. The molecule has 0 bridgehead atoms. The zero-order valence-electron chi connectivity index (χ0n) is 16.4. The molecular weight excluding hydrogens is 378 g/mol. The Balaban J connectivity index is 1.85. The molecular formula is C20H23N3O4S. The first-order valence-corrected chi connectivity index (χ1v) is 10.0. The molecule has 1 aliphatic heterocycles. The van der Waals surface area contributed by atoms with Gasteiger partial charge in [-0.15, -0.1) is 11.3 Å². The number of nitrogens with one attached hydrogen (secondary N) is 1. The average molecular weight is 401 g/mol. The lowest BCUT2D eigenvalue weighted by Gasteiger charge is -2.32. The van der Waals surface area contributed by atoms with Crippen molar-refractivity contribution in [2.45, 2.75) is 46.6 Å². The van der Waals surface area contributed by atoms with Gasteiger partial charge in [-0.3, -0.25) is 19.3 Å². The fraction of sp³-hybridized carbons (Fsp3) is 0.400. The Morgan fingerprint density at radius 3 is 2.71 bits per heavy atom. The number of thiazole rings is 1. The van der Waals surface area contributed by atoms with E-state index in [0.717, 1.165) is 17.0 Å². The monoisotopic (exact) mass is 401 g/mol. The summed E-state index contributed by atoms with van der Waals surface area (Å²) in [6.45, 7) is 7.20. The zero-order valence-corrected chi connectivity index (χ0v) is 17.2. The molecule has 0 radical (unpaired) electrons. The largest absolute Gasteiger partial charge is 0.479 e. The third-order valence-electron chi connectivity index (χ3n) is 4.54. The van der Waals surface area contributed by atoms with Crippen LogP contribution in [0.15, 0.2) is 18.2 Å². The fourth-order valence-electron chi connectivity index (χ4n) is 2.94. The number of aryl methyl sites for hydroxylation is 2. The normalized spacial score (nSPS) is 15.8. The van der Waals surface area contributed by atoms with Crippen LogP contribution in [0.1, 0.15) is 47.6 Å². The standard InChI is InChI=1S/C20H23N3O4S/c1-5-6-16(24)14-7-8-17-15(9-14)23(19(26)12(3)27-17)10-18(25)22-20-21-11(2)13(4)28-20/h7-9,12H,5-6,10H2,1-4H3,(H,21,22,25). The molecule has 0 spiro atoms. The van der Waals surface area contributed by atoms with Crippen molar-refractivity contribution in [3.8, 4) is 5.75 Å². The lowest BCUT2D eigenvalue weighted by molar-refractivity contribution is -0.127. The van der Waals surface area contributed by atoms with Crippen molar-refractivity contribution in [2.75, 3.05) is 16.8 Å². The van der Waals surface area contributed by atoms with Gasteiger partial charge in [0.25, 0.3) is 5.91 Å². The number of nitrogens with zero attached hydrogens (tertiary/aromatic N) is 2. The van der Waals surface area contributed by atoms with Gasteiger partial charge in [0.15, 0.2) is 17.0 Å². The van der Waals surface area contributed by atoms with Crippen LogP contribution in [0.3, 0.4) is 0 Å². The van der Waals surface area contributed by atoms with Gasteiger partial charge < -0.3 is 10.1 Å². The lowest BCUT2D eigenvalue weighted by atomic mass is 10.0. The van der Waals surface area contributed by atoms with Gasteiger partial charge in [0.2, 0.25) is 5.91 Å². The second kappa shape index (κ2) is 8.10. The van der Waals surface area contributed by atoms with Crippen molar-refractivity contribution in [1.82, 2.24) is 4.98 Å². The minimum atomic E-state index is -0.707. The van der Waals surface area contributed by atoms with Crippen LogP contribution in [-0.2, 0) is 9.59 Å².